The third-order valence-electron chi connectivity index (χ3n) is 4.58. The van der Waals surface area contributed by atoms with E-state index in [1.54, 1.807) is 29.5 Å². The van der Waals surface area contributed by atoms with Gasteiger partial charge >= 0.3 is 0 Å². The molecule has 0 saturated carbocycles. The molecule has 2 aromatic heterocycles. The number of benzene rings is 2. The fraction of sp³-hybridized carbons (Fsp3) is 0.211. The molecule has 5 nitrogen and oxygen atoms in total. The van der Waals surface area contributed by atoms with Crippen LogP contribution in [0.1, 0.15) is 23.8 Å². The van der Waals surface area contributed by atoms with E-state index >= 15 is 0 Å². The summed E-state index contributed by atoms with van der Waals surface area (Å²) in [4.78, 5) is 25.7. The normalized spacial score (nSPS) is 14.0. The fourth-order valence-corrected chi connectivity index (χ4v) is 4.23. The monoisotopic (exact) mass is 385 g/mol. The van der Waals surface area contributed by atoms with Crippen molar-refractivity contribution in [3.63, 3.8) is 0 Å². The standard InChI is InChI=1S/C19H17ClN4OS/c1-11(19-22-14-5-3-4-6-16(14)26-19)24(2)10-17-21-15-9-12(20)7-8-13(15)18(25)23-17/h3-9,11H,10H2,1-2H3,(H,21,23,25)/p+1/t11-/m1/s1. The maximum absolute atomic E-state index is 12.3. The van der Waals surface area contributed by atoms with Crippen molar-refractivity contribution in [1.29, 1.82) is 0 Å². The van der Waals surface area contributed by atoms with Gasteiger partial charge in [0.1, 0.15) is 12.6 Å². The number of thiazole rings is 1. The summed E-state index contributed by atoms with van der Waals surface area (Å²) in [5.41, 5.74) is 1.51. The molecule has 2 N–H and O–H groups in total. The van der Waals surface area contributed by atoms with Crippen LogP contribution in [-0.2, 0) is 6.54 Å². The lowest BCUT2D eigenvalue weighted by Gasteiger charge is -2.19. The first kappa shape index (κ1) is 17.1. The summed E-state index contributed by atoms with van der Waals surface area (Å²) in [5.74, 6) is 0.648. The van der Waals surface area contributed by atoms with E-state index in [9.17, 15) is 4.79 Å². The zero-order valence-corrected chi connectivity index (χ0v) is 16.0. The summed E-state index contributed by atoms with van der Waals surface area (Å²) in [7, 11) is 2.08. The van der Waals surface area contributed by atoms with Crippen LogP contribution in [0.3, 0.4) is 0 Å². The number of aromatic nitrogens is 3. The third-order valence-corrected chi connectivity index (χ3v) is 6.04. The highest BCUT2D eigenvalue weighted by Crippen LogP contribution is 2.24. The van der Waals surface area contributed by atoms with Crippen LogP contribution in [0.4, 0.5) is 0 Å². The molecule has 4 aromatic rings. The van der Waals surface area contributed by atoms with E-state index < -0.39 is 0 Å². The minimum Gasteiger partial charge on any atom is -0.323 e. The number of H-pyrrole nitrogens is 1. The summed E-state index contributed by atoms with van der Waals surface area (Å²) in [5, 5.41) is 2.20. The molecule has 4 rings (SSSR count). The van der Waals surface area contributed by atoms with Gasteiger partial charge in [-0.3, -0.25) is 4.79 Å². The first-order chi connectivity index (χ1) is 12.5. The Morgan fingerprint density at radius 3 is 2.81 bits per heavy atom. The zero-order chi connectivity index (χ0) is 18.3. The quantitative estimate of drug-likeness (QED) is 0.567. The molecule has 26 heavy (non-hydrogen) atoms. The van der Waals surface area contributed by atoms with Gasteiger partial charge in [0.15, 0.2) is 10.8 Å². The summed E-state index contributed by atoms with van der Waals surface area (Å²) in [6, 6.07) is 13.5. The lowest BCUT2D eigenvalue weighted by atomic mass is 10.2. The van der Waals surface area contributed by atoms with Crippen molar-refractivity contribution >= 4 is 44.1 Å². The largest absolute Gasteiger partial charge is 0.323 e. The van der Waals surface area contributed by atoms with Gasteiger partial charge in [0.05, 0.1) is 28.2 Å². The van der Waals surface area contributed by atoms with E-state index in [2.05, 4.69) is 30.0 Å². The number of halogens is 1. The van der Waals surface area contributed by atoms with Gasteiger partial charge in [-0.2, -0.15) is 0 Å². The number of quaternary nitrogens is 1. The second-order valence-corrected chi connectivity index (χ2v) is 7.94. The highest BCUT2D eigenvalue weighted by Gasteiger charge is 2.21. The van der Waals surface area contributed by atoms with Crippen LogP contribution < -0.4 is 10.5 Å². The van der Waals surface area contributed by atoms with Crippen molar-refractivity contribution < 1.29 is 4.90 Å². The van der Waals surface area contributed by atoms with Crippen molar-refractivity contribution in [3.8, 4) is 0 Å². The lowest BCUT2D eigenvalue weighted by Crippen LogP contribution is -3.07. The van der Waals surface area contributed by atoms with Gasteiger partial charge in [-0.05, 0) is 37.3 Å². The first-order valence-electron chi connectivity index (χ1n) is 8.37. The summed E-state index contributed by atoms with van der Waals surface area (Å²) in [6.45, 7) is 2.73. The smallest absolute Gasteiger partial charge is 0.258 e. The molecule has 0 bridgehead atoms. The second kappa shape index (κ2) is 6.79. The topological polar surface area (TPSA) is 63.1 Å². The van der Waals surface area contributed by atoms with Crippen LogP contribution in [0, 0.1) is 0 Å². The molecule has 7 heteroatoms. The minimum atomic E-state index is -0.137. The molecule has 0 amide bonds. The summed E-state index contributed by atoms with van der Waals surface area (Å²) >= 11 is 7.74. The second-order valence-electron chi connectivity index (χ2n) is 6.44. The molecular weight excluding hydrogens is 368 g/mol. The Labute approximate surface area is 159 Å². The maximum Gasteiger partial charge on any atom is 0.258 e. The third kappa shape index (κ3) is 3.23. The fourth-order valence-electron chi connectivity index (χ4n) is 2.95. The van der Waals surface area contributed by atoms with E-state index in [1.165, 1.54) is 9.60 Å². The lowest BCUT2D eigenvalue weighted by molar-refractivity contribution is -0.924. The van der Waals surface area contributed by atoms with E-state index in [1.807, 2.05) is 18.2 Å². The molecule has 132 valence electrons. The molecule has 0 spiro atoms. The van der Waals surface area contributed by atoms with E-state index in [-0.39, 0.29) is 11.6 Å². The van der Waals surface area contributed by atoms with Gasteiger partial charge in [-0.15, -0.1) is 11.3 Å². The van der Waals surface area contributed by atoms with Gasteiger partial charge in [-0.25, -0.2) is 9.97 Å². The predicted octanol–water partition coefficient (Wildman–Crippen LogP) is 2.96. The number of nitrogens with zero attached hydrogens (tertiary/aromatic N) is 2. The Balaban J connectivity index is 1.61. The van der Waals surface area contributed by atoms with Crippen molar-refractivity contribution in [3.05, 3.63) is 68.7 Å². The Kier molecular flexibility index (Phi) is 4.48. The van der Waals surface area contributed by atoms with Crippen LogP contribution in [0.2, 0.25) is 5.02 Å². The molecule has 2 atom stereocenters. The SMILES string of the molecule is C[C@H](c1nc2ccccc2s1)[NH+](C)Cc1nc2cc(Cl)ccc2c(=O)[nH]1. The van der Waals surface area contributed by atoms with Crippen LogP contribution in [0.15, 0.2) is 47.3 Å². The van der Waals surface area contributed by atoms with Gasteiger partial charge in [0, 0.05) is 5.02 Å². The molecule has 0 aliphatic carbocycles. The number of aromatic amines is 1. The number of nitrogens with one attached hydrogen (secondary N) is 2. The van der Waals surface area contributed by atoms with Gasteiger partial charge in [-0.1, -0.05) is 23.7 Å². The van der Waals surface area contributed by atoms with Gasteiger partial charge in [0.25, 0.3) is 5.56 Å². The molecule has 0 aliphatic rings. The van der Waals surface area contributed by atoms with E-state index in [0.29, 0.717) is 28.3 Å². The summed E-state index contributed by atoms with van der Waals surface area (Å²) in [6.07, 6.45) is 0. The molecule has 0 saturated heterocycles. The number of hydrogen-bond acceptors (Lipinski definition) is 4. The Hall–Kier alpha value is -2.28. The van der Waals surface area contributed by atoms with Crippen LogP contribution in [0.5, 0.6) is 0 Å². The van der Waals surface area contributed by atoms with E-state index in [0.717, 1.165) is 10.5 Å². The number of fused-ring (bicyclic) bond motifs is 2. The van der Waals surface area contributed by atoms with Crippen molar-refractivity contribution in [1.82, 2.24) is 15.0 Å². The molecule has 0 radical (unpaired) electrons. The average Bonchev–Trinajstić information content (AvgIpc) is 3.04. The first-order valence-corrected chi connectivity index (χ1v) is 9.57. The highest BCUT2D eigenvalue weighted by atomic mass is 35.5. The Morgan fingerprint density at radius 2 is 2.00 bits per heavy atom. The highest BCUT2D eigenvalue weighted by molar-refractivity contribution is 7.18. The Morgan fingerprint density at radius 1 is 1.19 bits per heavy atom. The molecular formula is C19H18ClN4OS+. The number of hydrogen-bond donors (Lipinski definition) is 2. The molecule has 0 aliphatic heterocycles. The maximum atomic E-state index is 12.3. The average molecular weight is 386 g/mol. The van der Waals surface area contributed by atoms with Crippen molar-refractivity contribution in [2.45, 2.75) is 19.5 Å². The Bertz CT molecular complexity index is 1120. The van der Waals surface area contributed by atoms with E-state index in [4.69, 9.17) is 16.6 Å². The summed E-state index contributed by atoms with van der Waals surface area (Å²) < 4.78 is 1.19. The zero-order valence-electron chi connectivity index (χ0n) is 14.4. The molecule has 2 aromatic carbocycles. The number of rotatable bonds is 4. The van der Waals surface area contributed by atoms with Crippen molar-refractivity contribution in [2.75, 3.05) is 7.05 Å². The van der Waals surface area contributed by atoms with Crippen molar-refractivity contribution in [2.24, 2.45) is 0 Å². The van der Waals surface area contributed by atoms with Gasteiger partial charge < -0.3 is 9.88 Å². The van der Waals surface area contributed by atoms with Crippen LogP contribution in [0.25, 0.3) is 21.1 Å². The number of para-hydroxylation sites is 1. The molecule has 2 heterocycles. The molecule has 0 fully saturated rings. The van der Waals surface area contributed by atoms with Crippen LogP contribution in [-0.4, -0.2) is 22.0 Å². The van der Waals surface area contributed by atoms with Crippen LogP contribution >= 0.6 is 22.9 Å². The predicted molar refractivity (Wildman–Crippen MR) is 106 cm³/mol. The molecule has 1 unspecified atom stereocenters. The minimum absolute atomic E-state index is 0.137. The van der Waals surface area contributed by atoms with Gasteiger partial charge in [0.2, 0.25) is 0 Å².